The molecule has 0 heterocycles. The minimum atomic E-state index is -5.15. The Morgan fingerprint density at radius 3 is 2.06 bits per heavy atom. The van der Waals surface area contributed by atoms with E-state index in [0.29, 0.717) is 6.07 Å². The summed E-state index contributed by atoms with van der Waals surface area (Å²) < 4.78 is 64.0. The Labute approximate surface area is 101 Å². The molecule has 3 N–H and O–H groups in total. The van der Waals surface area contributed by atoms with Gasteiger partial charge in [0.05, 0.1) is 0 Å². The highest BCUT2D eigenvalue weighted by atomic mass is 32.3. The van der Waals surface area contributed by atoms with Gasteiger partial charge in [0.15, 0.2) is 5.75 Å². The second kappa shape index (κ2) is 4.53. The summed E-state index contributed by atoms with van der Waals surface area (Å²) in [5.74, 6) is -2.91. The molecule has 0 radical (unpaired) electrons. The molecule has 0 amide bonds. The van der Waals surface area contributed by atoms with E-state index in [2.05, 4.69) is 4.18 Å². The highest BCUT2D eigenvalue weighted by Gasteiger charge is 2.26. The lowest BCUT2D eigenvalue weighted by Crippen LogP contribution is -2.14. The molecule has 0 unspecified atom stereocenters. The first-order valence-corrected chi connectivity index (χ1v) is 6.83. The second-order valence-electron chi connectivity index (χ2n) is 2.92. The van der Waals surface area contributed by atoms with Crippen molar-refractivity contribution >= 4 is 26.5 Å². The van der Waals surface area contributed by atoms with Gasteiger partial charge in [-0.25, -0.2) is 4.79 Å². The van der Waals surface area contributed by atoms with Crippen molar-refractivity contribution in [1.29, 1.82) is 0 Å². The smallest absolute Gasteiger partial charge is 0.446 e. The monoisotopic (exact) mass is 298 g/mol. The number of para-hydroxylation sites is 1. The largest absolute Gasteiger partial charge is 0.478 e. The van der Waals surface area contributed by atoms with Gasteiger partial charge in [-0.3, -0.25) is 9.11 Å². The summed E-state index contributed by atoms with van der Waals surface area (Å²) in [7, 11) is -10.1. The van der Waals surface area contributed by atoms with Crippen molar-refractivity contribution < 1.29 is 40.0 Å². The van der Waals surface area contributed by atoms with Crippen LogP contribution >= 0.6 is 0 Å². The van der Waals surface area contributed by atoms with E-state index in [1.54, 1.807) is 0 Å². The zero-order valence-electron chi connectivity index (χ0n) is 8.34. The molecular formula is C7H6O9S2. The van der Waals surface area contributed by atoms with E-state index in [0.717, 1.165) is 12.1 Å². The van der Waals surface area contributed by atoms with Gasteiger partial charge in [-0.2, -0.15) is 16.8 Å². The summed E-state index contributed by atoms with van der Waals surface area (Å²) >= 11 is 0. The summed E-state index contributed by atoms with van der Waals surface area (Å²) in [6.07, 6.45) is 0. The van der Waals surface area contributed by atoms with E-state index in [9.17, 15) is 21.6 Å². The second-order valence-corrected chi connectivity index (χ2v) is 5.34. The number of carboxylic acid groups (broad SMARTS) is 1. The number of benzene rings is 1. The fourth-order valence-electron chi connectivity index (χ4n) is 1.08. The standard InChI is InChI=1S/C7H6O9S2/c8-7(9)4-2-1-3-5(17(10,11)12)6(4)16-18(13,14)15/h1-3H,(H,8,9)(H,10,11,12)(H,13,14,15). The third-order valence-electron chi connectivity index (χ3n) is 1.68. The van der Waals surface area contributed by atoms with E-state index >= 15 is 0 Å². The summed E-state index contributed by atoms with van der Waals surface area (Å²) in [4.78, 5) is 9.66. The lowest BCUT2D eigenvalue weighted by Gasteiger charge is -2.09. The maximum atomic E-state index is 10.9. The van der Waals surface area contributed by atoms with Crippen LogP contribution < -0.4 is 4.18 Å². The quantitative estimate of drug-likeness (QED) is 0.641. The minimum absolute atomic E-state index is 0.711. The van der Waals surface area contributed by atoms with Gasteiger partial charge in [-0.15, -0.1) is 0 Å². The number of hydrogen-bond acceptors (Lipinski definition) is 6. The van der Waals surface area contributed by atoms with E-state index in [1.165, 1.54) is 0 Å². The van der Waals surface area contributed by atoms with Crippen LogP contribution in [0.3, 0.4) is 0 Å². The number of aromatic carboxylic acids is 1. The molecule has 1 rings (SSSR count). The molecule has 0 spiro atoms. The van der Waals surface area contributed by atoms with Gasteiger partial charge in [0, 0.05) is 0 Å². The van der Waals surface area contributed by atoms with Crippen molar-refractivity contribution in [3.63, 3.8) is 0 Å². The van der Waals surface area contributed by atoms with Crippen molar-refractivity contribution in [1.82, 2.24) is 0 Å². The number of hydrogen-bond donors (Lipinski definition) is 3. The molecule has 0 saturated carbocycles. The molecule has 0 saturated heterocycles. The zero-order chi connectivity index (χ0) is 14.1. The van der Waals surface area contributed by atoms with Crippen LogP contribution in [-0.2, 0) is 20.5 Å². The average molecular weight is 298 g/mol. The lowest BCUT2D eigenvalue weighted by atomic mass is 10.2. The van der Waals surface area contributed by atoms with E-state index in [1.807, 2.05) is 0 Å². The number of carboxylic acids is 1. The topological polar surface area (TPSA) is 155 Å². The predicted octanol–water partition coefficient (Wildman–Crippen LogP) is -0.187. The van der Waals surface area contributed by atoms with Crippen molar-refractivity contribution in [3.8, 4) is 5.75 Å². The molecule has 0 aromatic heterocycles. The molecule has 0 bridgehead atoms. The van der Waals surface area contributed by atoms with E-state index < -0.39 is 42.7 Å². The fraction of sp³-hybridized carbons (Fsp3) is 0. The summed E-state index contributed by atoms with van der Waals surface area (Å²) in [5.41, 5.74) is -0.859. The van der Waals surface area contributed by atoms with Gasteiger partial charge in [-0.1, -0.05) is 6.07 Å². The number of rotatable bonds is 4. The van der Waals surface area contributed by atoms with Gasteiger partial charge in [-0.05, 0) is 12.1 Å². The fourth-order valence-corrected chi connectivity index (χ4v) is 2.16. The summed E-state index contributed by atoms with van der Waals surface area (Å²) in [6, 6.07) is 2.49. The minimum Gasteiger partial charge on any atom is -0.478 e. The molecule has 11 heteroatoms. The maximum absolute atomic E-state index is 10.9. The van der Waals surface area contributed by atoms with Gasteiger partial charge in [0.1, 0.15) is 10.5 Å². The SMILES string of the molecule is O=C(O)c1cccc(S(=O)(=O)O)c1OS(=O)(=O)O. The molecule has 1 aromatic carbocycles. The average Bonchev–Trinajstić information content (AvgIpc) is 2.13. The maximum Gasteiger partial charge on any atom is 0.446 e. The molecule has 18 heavy (non-hydrogen) atoms. The van der Waals surface area contributed by atoms with Gasteiger partial charge in [0.2, 0.25) is 0 Å². The molecule has 0 fully saturated rings. The Morgan fingerprint density at radius 1 is 1.11 bits per heavy atom. The Kier molecular flexibility index (Phi) is 3.62. The van der Waals surface area contributed by atoms with Crippen molar-refractivity contribution in [2.75, 3.05) is 0 Å². The van der Waals surface area contributed by atoms with Gasteiger partial charge >= 0.3 is 16.4 Å². The van der Waals surface area contributed by atoms with Crippen molar-refractivity contribution in [3.05, 3.63) is 23.8 Å². The highest BCUT2D eigenvalue weighted by molar-refractivity contribution is 7.86. The molecule has 0 atom stereocenters. The third kappa shape index (κ3) is 3.40. The molecule has 9 nitrogen and oxygen atoms in total. The number of carbonyl (C=O) groups is 1. The Morgan fingerprint density at radius 2 is 1.67 bits per heavy atom. The highest BCUT2D eigenvalue weighted by Crippen LogP contribution is 2.29. The summed E-state index contributed by atoms with van der Waals surface area (Å²) in [5, 5.41) is 8.72. The predicted molar refractivity (Wildman–Crippen MR) is 55.4 cm³/mol. The van der Waals surface area contributed by atoms with Crippen LogP contribution in [0.2, 0.25) is 0 Å². The molecular weight excluding hydrogens is 292 g/mol. The molecule has 0 aliphatic heterocycles. The van der Waals surface area contributed by atoms with Crippen LogP contribution in [0.15, 0.2) is 23.1 Å². The van der Waals surface area contributed by atoms with Crippen LogP contribution in [0.4, 0.5) is 0 Å². The lowest BCUT2D eigenvalue weighted by molar-refractivity contribution is 0.0694. The normalized spacial score (nSPS) is 12.1. The van der Waals surface area contributed by atoms with Crippen LogP contribution in [0.25, 0.3) is 0 Å². The van der Waals surface area contributed by atoms with E-state index in [4.69, 9.17) is 14.2 Å². The van der Waals surface area contributed by atoms with Gasteiger partial charge < -0.3 is 9.29 Å². The Balaban J connectivity index is 3.65. The molecule has 100 valence electrons. The van der Waals surface area contributed by atoms with Crippen LogP contribution in [0.1, 0.15) is 10.4 Å². The van der Waals surface area contributed by atoms with E-state index in [-0.39, 0.29) is 0 Å². The summed E-state index contributed by atoms with van der Waals surface area (Å²) in [6.45, 7) is 0. The first-order chi connectivity index (χ1) is 8.02. The zero-order valence-corrected chi connectivity index (χ0v) is 9.97. The van der Waals surface area contributed by atoms with Gasteiger partial charge in [0.25, 0.3) is 10.1 Å². The van der Waals surface area contributed by atoms with Crippen molar-refractivity contribution in [2.24, 2.45) is 0 Å². The molecule has 1 aromatic rings. The Hall–Kier alpha value is -1.69. The Bertz CT molecular complexity index is 686. The van der Waals surface area contributed by atoms with Crippen molar-refractivity contribution in [2.45, 2.75) is 4.90 Å². The third-order valence-corrected chi connectivity index (χ3v) is 2.93. The first kappa shape index (κ1) is 14.4. The van der Waals surface area contributed by atoms with Crippen LogP contribution in [0.5, 0.6) is 5.75 Å². The van der Waals surface area contributed by atoms with Crippen LogP contribution in [-0.4, -0.2) is 37.0 Å². The molecule has 0 aliphatic carbocycles. The molecule has 0 aliphatic rings. The first-order valence-electron chi connectivity index (χ1n) is 4.03. The van der Waals surface area contributed by atoms with Crippen LogP contribution in [0, 0.1) is 0 Å².